The normalized spacial score (nSPS) is 13.2. The second-order valence-electron chi connectivity index (χ2n) is 5.02. The van der Waals surface area contributed by atoms with Crippen molar-refractivity contribution in [2.75, 3.05) is 0 Å². The molecule has 2 aromatic rings. The Bertz CT molecular complexity index is 641. The molecule has 0 aliphatic carbocycles. The predicted molar refractivity (Wildman–Crippen MR) is 99.7 cm³/mol. The second kappa shape index (κ2) is 6.80. The van der Waals surface area contributed by atoms with Crippen LogP contribution in [0.4, 0.5) is 0 Å². The van der Waals surface area contributed by atoms with Crippen LogP contribution >= 0.6 is 69.6 Å². The first kappa shape index (κ1) is 19.5. The highest BCUT2D eigenvalue weighted by Gasteiger charge is 2.31. The van der Waals surface area contributed by atoms with Gasteiger partial charge in [-0.1, -0.05) is 106 Å². The lowest BCUT2D eigenvalue weighted by Crippen LogP contribution is -2.24. The van der Waals surface area contributed by atoms with Gasteiger partial charge in [-0.2, -0.15) is 0 Å². The second-order valence-corrected chi connectivity index (χ2v) is 9.58. The van der Waals surface area contributed by atoms with Crippen LogP contribution in [0, 0.1) is 6.92 Å². The van der Waals surface area contributed by atoms with E-state index in [4.69, 9.17) is 69.6 Å². The van der Waals surface area contributed by atoms with Crippen LogP contribution in [-0.2, 0) is 13.2 Å². The molecule has 0 saturated carbocycles. The average molecular weight is 432 g/mol. The maximum atomic E-state index is 10.9. The van der Waals surface area contributed by atoms with Gasteiger partial charge in [0.2, 0.25) is 7.59 Å². The zero-order valence-electron chi connectivity index (χ0n) is 11.5. The van der Waals surface area contributed by atoms with Crippen molar-refractivity contribution in [2.24, 2.45) is 0 Å². The minimum Gasteiger partial charge on any atom is -0.380 e. The van der Waals surface area contributed by atoms with Gasteiger partial charge in [-0.25, -0.2) is 0 Å². The van der Waals surface area contributed by atoms with Gasteiger partial charge in [0.1, 0.15) is 5.60 Å². The minimum atomic E-state index is -1.61. The molecule has 0 aromatic heterocycles. The zero-order chi connectivity index (χ0) is 17.5. The Morgan fingerprint density at radius 3 is 1.26 bits per heavy atom. The highest BCUT2D eigenvalue weighted by Crippen LogP contribution is 2.42. The van der Waals surface area contributed by atoms with Crippen molar-refractivity contribution in [1.82, 2.24) is 0 Å². The average Bonchev–Trinajstić information content (AvgIpc) is 2.46. The first-order chi connectivity index (χ1) is 10.4. The summed E-state index contributed by atoms with van der Waals surface area (Å²) in [5.74, 6) is 0. The molecule has 23 heavy (non-hydrogen) atoms. The molecule has 1 nitrogen and oxygen atoms in total. The quantitative estimate of drug-likeness (QED) is 0.544. The zero-order valence-corrected chi connectivity index (χ0v) is 16.1. The summed E-state index contributed by atoms with van der Waals surface area (Å²) in [5.41, 5.74) is 0.127. The number of hydrogen-bond acceptors (Lipinski definition) is 1. The van der Waals surface area contributed by atoms with Gasteiger partial charge >= 0.3 is 0 Å². The van der Waals surface area contributed by atoms with Crippen LogP contribution in [0.15, 0.2) is 48.5 Å². The Hall–Kier alpha value is 0.140. The molecule has 1 N–H and O–H groups in total. The molecule has 123 valence electrons. The van der Waals surface area contributed by atoms with E-state index in [0.717, 1.165) is 0 Å². The molecule has 1 radical (unpaired) electrons. The monoisotopic (exact) mass is 429 g/mol. The molecule has 0 fully saturated rings. The lowest BCUT2D eigenvalue weighted by molar-refractivity contribution is 0.131. The van der Waals surface area contributed by atoms with Gasteiger partial charge < -0.3 is 5.11 Å². The topological polar surface area (TPSA) is 20.2 Å². The fourth-order valence-corrected chi connectivity index (χ4v) is 2.78. The molecule has 0 heterocycles. The Morgan fingerprint density at radius 1 is 0.652 bits per heavy atom. The van der Waals surface area contributed by atoms with Gasteiger partial charge in [-0.15, -0.1) is 0 Å². The SMILES string of the molecule is [CH2]C(O)(c1cccc(C(Cl)(Cl)Cl)c1)c1cccc(C(Cl)(Cl)Cl)c1. The number of rotatable bonds is 2. The van der Waals surface area contributed by atoms with Crippen molar-refractivity contribution in [1.29, 1.82) is 0 Å². The van der Waals surface area contributed by atoms with Crippen LogP contribution in [0.2, 0.25) is 0 Å². The smallest absolute Gasteiger partial charge is 0.216 e. The molecule has 0 aliphatic heterocycles. The molecular formula is C16H11Cl6O. The Morgan fingerprint density at radius 2 is 0.957 bits per heavy atom. The number of benzene rings is 2. The molecule has 0 unspecified atom stereocenters. The largest absolute Gasteiger partial charge is 0.380 e. The summed E-state index contributed by atoms with van der Waals surface area (Å²) < 4.78 is -3.21. The number of aliphatic hydroxyl groups is 1. The molecule has 0 aliphatic rings. The van der Waals surface area contributed by atoms with E-state index in [9.17, 15) is 5.11 Å². The van der Waals surface area contributed by atoms with Crippen molar-refractivity contribution in [3.63, 3.8) is 0 Å². The Labute approximate surface area is 165 Å². The first-order valence-electron chi connectivity index (χ1n) is 6.35. The van der Waals surface area contributed by atoms with Crippen molar-refractivity contribution in [2.45, 2.75) is 13.2 Å². The van der Waals surface area contributed by atoms with Crippen LogP contribution < -0.4 is 0 Å². The maximum Gasteiger partial charge on any atom is 0.216 e. The summed E-state index contributed by atoms with van der Waals surface area (Å²) in [5, 5.41) is 10.9. The summed E-state index contributed by atoms with van der Waals surface area (Å²) in [6.45, 7) is 3.85. The van der Waals surface area contributed by atoms with Gasteiger partial charge in [0.15, 0.2) is 0 Å². The number of hydrogen-bond donors (Lipinski definition) is 1. The fourth-order valence-electron chi connectivity index (χ4n) is 2.07. The minimum absolute atomic E-state index is 0.416. The van der Waals surface area contributed by atoms with Crippen LogP contribution in [0.25, 0.3) is 0 Å². The molecule has 0 amide bonds. The molecule has 0 spiro atoms. The van der Waals surface area contributed by atoms with Gasteiger partial charge in [-0.05, 0) is 30.2 Å². The highest BCUT2D eigenvalue weighted by molar-refractivity contribution is 6.67. The summed E-state index contributed by atoms with van der Waals surface area (Å²) in [6.07, 6.45) is 0. The third-order valence-electron chi connectivity index (χ3n) is 3.33. The highest BCUT2D eigenvalue weighted by atomic mass is 35.6. The van der Waals surface area contributed by atoms with E-state index in [1.165, 1.54) is 0 Å². The van der Waals surface area contributed by atoms with Crippen molar-refractivity contribution in [3.8, 4) is 0 Å². The van der Waals surface area contributed by atoms with Crippen LogP contribution in [-0.4, -0.2) is 5.11 Å². The van der Waals surface area contributed by atoms with Crippen molar-refractivity contribution >= 4 is 69.6 Å². The van der Waals surface area contributed by atoms with Gasteiger partial charge in [-0.3, -0.25) is 0 Å². The van der Waals surface area contributed by atoms with Crippen LogP contribution in [0.1, 0.15) is 22.3 Å². The summed E-state index contributed by atoms with van der Waals surface area (Å²) >= 11 is 35.3. The van der Waals surface area contributed by atoms with Gasteiger partial charge in [0.05, 0.1) is 0 Å². The maximum absolute atomic E-state index is 10.9. The number of alkyl halides is 6. The molecular weight excluding hydrogens is 421 g/mol. The molecule has 0 saturated heterocycles. The van der Waals surface area contributed by atoms with Gasteiger partial charge in [0, 0.05) is 11.1 Å². The standard InChI is InChI=1S/C16H11Cl6O/c1-14(23,10-4-2-6-12(8-10)15(17,18)19)11-5-3-7-13(9-11)16(20,21)22/h2-9,23H,1H2. The Kier molecular flexibility index (Phi) is 5.76. The van der Waals surface area contributed by atoms with Crippen LogP contribution in [0.3, 0.4) is 0 Å². The van der Waals surface area contributed by atoms with Crippen LogP contribution in [0.5, 0.6) is 0 Å². The lowest BCUT2D eigenvalue weighted by Gasteiger charge is -2.27. The van der Waals surface area contributed by atoms with E-state index in [2.05, 4.69) is 6.92 Å². The molecule has 0 bridgehead atoms. The third-order valence-corrected chi connectivity index (χ3v) is 4.64. The van der Waals surface area contributed by atoms with Gasteiger partial charge in [0.25, 0.3) is 0 Å². The van der Waals surface area contributed by atoms with E-state index in [1.807, 2.05) is 0 Å². The van der Waals surface area contributed by atoms with E-state index >= 15 is 0 Å². The lowest BCUT2D eigenvalue weighted by atomic mass is 9.87. The fraction of sp³-hybridized carbons (Fsp3) is 0.188. The third kappa shape index (κ3) is 4.61. The molecule has 2 aromatic carbocycles. The van der Waals surface area contributed by atoms with E-state index in [1.54, 1.807) is 48.5 Å². The molecule has 7 heteroatoms. The van der Waals surface area contributed by atoms with E-state index in [0.29, 0.717) is 22.3 Å². The van der Waals surface area contributed by atoms with Crippen molar-refractivity contribution in [3.05, 3.63) is 77.7 Å². The summed E-state index contributed by atoms with van der Waals surface area (Å²) in [7, 11) is 0. The molecule has 0 atom stereocenters. The molecule has 2 rings (SSSR count). The summed E-state index contributed by atoms with van der Waals surface area (Å²) in [4.78, 5) is 0. The van der Waals surface area contributed by atoms with E-state index < -0.39 is 13.2 Å². The number of halogens is 6. The van der Waals surface area contributed by atoms with Crippen molar-refractivity contribution < 1.29 is 5.11 Å². The Balaban J connectivity index is 2.51. The summed E-state index contributed by atoms with van der Waals surface area (Å²) in [6, 6.07) is 13.1. The first-order valence-corrected chi connectivity index (χ1v) is 8.62. The van der Waals surface area contributed by atoms with E-state index in [-0.39, 0.29) is 0 Å². The predicted octanol–water partition coefficient (Wildman–Crippen LogP) is 6.41.